The molecule has 0 unspecified atom stereocenters. The second-order valence-electron chi connectivity index (χ2n) is 12.1. The molecule has 220 valence electrons. The van der Waals surface area contributed by atoms with Crippen LogP contribution < -0.4 is 5.32 Å². The van der Waals surface area contributed by atoms with Crippen LogP contribution in [0.1, 0.15) is 85.3 Å². The standard InChI is InChI=1S/C32H46N2O6/c1-8-9-11-23-13-17-25(18-14-23)26-19-15-24(16-20-26)22-34(30(38)40-32(5,6)7)21-10-12-27(28(35)36)33-29(37)39-31(2,3)4/h13-20,27H,8-12,21-22H2,1-7H3,(H,33,37)(H,35,36)/t27-/m0/s1. The van der Waals surface area contributed by atoms with Crippen LogP contribution in [0.15, 0.2) is 48.5 Å². The van der Waals surface area contributed by atoms with Crippen molar-refractivity contribution in [3.8, 4) is 11.1 Å². The molecular formula is C32H46N2O6. The molecule has 0 saturated carbocycles. The first kappa shape index (κ1) is 32.7. The summed E-state index contributed by atoms with van der Waals surface area (Å²) >= 11 is 0. The number of carboxylic acid groups (broad SMARTS) is 1. The van der Waals surface area contributed by atoms with E-state index in [1.165, 1.54) is 18.4 Å². The number of unbranched alkanes of at least 4 members (excludes halogenated alkanes) is 1. The molecule has 0 saturated heterocycles. The van der Waals surface area contributed by atoms with Crippen LogP contribution in [0.2, 0.25) is 0 Å². The van der Waals surface area contributed by atoms with Crippen molar-refractivity contribution in [3.63, 3.8) is 0 Å². The molecule has 0 aliphatic rings. The lowest BCUT2D eigenvalue weighted by Gasteiger charge is -2.28. The van der Waals surface area contributed by atoms with Crippen LogP contribution in [-0.2, 0) is 27.2 Å². The monoisotopic (exact) mass is 554 g/mol. The molecule has 0 fully saturated rings. The van der Waals surface area contributed by atoms with Gasteiger partial charge in [0.2, 0.25) is 0 Å². The van der Waals surface area contributed by atoms with E-state index >= 15 is 0 Å². The van der Waals surface area contributed by atoms with Crippen molar-refractivity contribution in [3.05, 3.63) is 59.7 Å². The van der Waals surface area contributed by atoms with Crippen LogP contribution in [0.3, 0.4) is 0 Å². The molecule has 2 aromatic rings. The normalized spacial score (nSPS) is 12.4. The predicted octanol–water partition coefficient (Wildman–Crippen LogP) is 7.19. The van der Waals surface area contributed by atoms with Gasteiger partial charge >= 0.3 is 18.2 Å². The fourth-order valence-corrected chi connectivity index (χ4v) is 4.02. The molecule has 0 aliphatic carbocycles. The Morgan fingerprint density at radius 1 is 0.825 bits per heavy atom. The average molecular weight is 555 g/mol. The van der Waals surface area contributed by atoms with Gasteiger partial charge in [0.05, 0.1) is 0 Å². The molecular weight excluding hydrogens is 508 g/mol. The predicted molar refractivity (Wildman–Crippen MR) is 157 cm³/mol. The minimum Gasteiger partial charge on any atom is -0.480 e. The number of rotatable bonds is 12. The number of alkyl carbamates (subject to hydrolysis) is 1. The van der Waals surface area contributed by atoms with Gasteiger partial charge in [-0.3, -0.25) is 0 Å². The maximum atomic E-state index is 13.0. The van der Waals surface area contributed by atoms with Gasteiger partial charge in [0, 0.05) is 13.1 Å². The zero-order valence-corrected chi connectivity index (χ0v) is 25.1. The summed E-state index contributed by atoms with van der Waals surface area (Å²) in [7, 11) is 0. The molecule has 8 nitrogen and oxygen atoms in total. The lowest BCUT2D eigenvalue weighted by molar-refractivity contribution is -0.139. The van der Waals surface area contributed by atoms with E-state index in [0.29, 0.717) is 13.0 Å². The number of nitrogens with one attached hydrogen (secondary N) is 1. The minimum atomic E-state index is -1.16. The first-order chi connectivity index (χ1) is 18.7. The largest absolute Gasteiger partial charge is 0.480 e. The Kier molecular flexibility index (Phi) is 12.0. The fourth-order valence-electron chi connectivity index (χ4n) is 4.02. The van der Waals surface area contributed by atoms with Gasteiger partial charge in [-0.05, 0) is 89.5 Å². The summed E-state index contributed by atoms with van der Waals surface area (Å²) < 4.78 is 10.8. The number of amides is 2. The van der Waals surface area contributed by atoms with E-state index in [1.54, 1.807) is 46.4 Å². The molecule has 8 heteroatoms. The zero-order valence-electron chi connectivity index (χ0n) is 25.1. The Bertz CT molecular complexity index is 1100. The Balaban J connectivity index is 2.07. The van der Waals surface area contributed by atoms with Crippen LogP contribution in [0.5, 0.6) is 0 Å². The van der Waals surface area contributed by atoms with Crippen molar-refractivity contribution in [2.45, 2.75) is 104 Å². The van der Waals surface area contributed by atoms with Gasteiger partial charge in [-0.15, -0.1) is 0 Å². The first-order valence-electron chi connectivity index (χ1n) is 14.1. The summed E-state index contributed by atoms with van der Waals surface area (Å²) in [5.41, 5.74) is 3.07. The highest BCUT2D eigenvalue weighted by Gasteiger charge is 2.26. The fraction of sp³-hybridized carbons (Fsp3) is 0.531. The van der Waals surface area contributed by atoms with Gasteiger partial charge in [-0.1, -0.05) is 61.9 Å². The molecule has 0 heterocycles. The summed E-state index contributed by atoms with van der Waals surface area (Å²) in [4.78, 5) is 38.4. The molecule has 0 radical (unpaired) electrons. The number of hydrogen-bond donors (Lipinski definition) is 2. The van der Waals surface area contributed by atoms with E-state index in [-0.39, 0.29) is 13.0 Å². The molecule has 0 aliphatic heterocycles. The Labute approximate surface area is 239 Å². The van der Waals surface area contributed by atoms with Gasteiger partial charge < -0.3 is 24.8 Å². The van der Waals surface area contributed by atoms with Crippen molar-refractivity contribution < 1.29 is 29.0 Å². The van der Waals surface area contributed by atoms with Gasteiger partial charge in [0.25, 0.3) is 0 Å². The molecule has 0 aromatic heterocycles. The number of carbonyl (C=O) groups excluding carboxylic acids is 2. The number of nitrogens with zero attached hydrogens (tertiary/aromatic N) is 1. The SMILES string of the molecule is CCCCc1ccc(-c2ccc(CN(CCC[C@H](NC(=O)OC(C)(C)C)C(=O)O)C(=O)OC(C)(C)C)cc2)cc1. The third-order valence-electron chi connectivity index (χ3n) is 6.00. The molecule has 2 rings (SSSR count). The molecule has 40 heavy (non-hydrogen) atoms. The van der Waals surface area contributed by atoms with Crippen LogP contribution in [-0.4, -0.2) is 52.0 Å². The lowest BCUT2D eigenvalue weighted by Crippen LogP contribution is -2.44. The number of carbonyl (C=O) groups is 3. The van der Waals surface area contributed by atoms with E-state index in [4.69, 9.17) is 9.47 Å². The van der Waals surface area contributed by atoms with E-state index in [2.05, 4.69) is 36.5 Å². The van der Waals surface area contributed by atoms with Crippen molar-refractivity contribution in [2.75, 3.05) is 6.54 Å². The number of benzene rings is 2. The number of carboxylic acids is 1. The molecule has 2 N–H and O–H groups in total. The Morgan fingerprint density at radius 2 is 1.35 bits per heavy atom. The smallest absolute Gasteiger partial charge is 0.410 e. The topological polar surface area (TPSA) is 105 Å². The highest BCUT2D eigenvalue weighted by Crippen LogP contribution is 2.22. The summed E-state index contributed by atoms with van der Waals surface area (Å²) in [5, 5.41) is 12.0. The zero-order chi connectivity index (χ0) is 29.9. The highest BCUT2D eigenvalue weighted by atomic mass is 16.6. The quantitative estimate of drug-likeness (QED) is 0.288. The van der Waals surface area contributed by atoms with Gasteiger partial charge in [0.15, 0.2) is 0 Å². The van der Waals surface area contributed by atoms with Crippen LogP contribution >= 0.6 is 0 Å². The Hall–Kier alpha value is -3.55. The average Bonchev–Trinajstić information content (AvgIpc) is 2.84. The number of aryl methyl sites for hydroxylation is 1. The number of aliphatic carboxylic acids is 1. The second-order valence-corrected chi connectivity index (χ2v) is 12.1. The second kappa shape index (κ2) is 14.7. The summed E-state index contributed by atoms with van der Waals surface area (Å²) in [6.45, 7) is 13.3. The van der Waals surface area contributed by atoms with Crippen molar-refractivity contribution in [1.82, 2.24) is 10.2 Å². The molecule has 2 amide bonds. The molecule has 2 aromatic carbocycles. The molecule has 0 spiro atoms. The molecule has 1 atom stereocenters. The van der Waals surface area contributed by atoms with Gasteiger partial charge in [-0.2, -0.15) is 0 Å². The van der Waals surface area contributed by atoms with E-state index in [9.17, 15) is 19.5 Å². The van der Waals surface area contributed by atoms with Crippen LogP contribution in [0, 0.1) is 0 Å². The third kappa shape index (κ3) is 12.1. The Morgan fingerprint density at radius 3 is 1.82 bits per heavy atom. The summed E-state index contributed by atoms with van der Waals surface area (Å²) in [6, 6.07) is 15.5. The van der Waals surface area contributed by atoms with Gasteiger partial charge in [-0.25, -0.2) is 14.4 Å². The summed E-state index contributed by atoms with van der Waals surface area (Å²) in [6.07, 6.45) is 2.63. The number of ether oxygens (including phenoxy) is 2. The maximum Gasteiger partial charge on any atom is 0.410 e. The van der Waals surface area contributed by atoms with Crippen molar-refractivity contribution in [2.24, 2.45) is 0 Å². The van der Waals surface area contributed by atoms with Crippen molar-refractivity contribution >= 4 is 18.2 Å². The summed E-state index contributed by atoms with van der Waals surface area (Å²) in [5.74, 6) is -1.16. The van der Waals surface area contributed by atoms with E-state index in [1.807, 2.05) is 24.3 Å². The van der Waals surface area contributed by atoms with Crippen molar-refractivity contribution in [1.29, 1.82) is 0 Å². The van der Waals surface area contributed by atoms with Crippen LogP contribution in [0.25, 0.3) is 11.1 Å². The highest BCUT2D eigenvalue weighted by molar-refractivity contribution is 5.80. The third-order valence-corrected chi connectivity index (χ3v) is 6.00. The van der Waals surface area contributed by atoms with Crippen LogP contribution in [0.4, 0.5) is 9.59 Å². The number of hydrogen-bond acceptors (Lipinski definition) is 5. The van der Waals surface area contributed by atoms with E-state index in [0.717, 1.165) is 23.1 Å². The lowest BCUT2D eigenvalue weighted by atomic mass is 10.0. The minimum absolute atomic E-state index is 0.126. The maximum absolute atomic E-state index is 13.0. The van der Waals surface area contributed by atoms with E-state index < -0.39 is 35.4 Å². The molecule has 0 bridgehead atoms. The van der Waals surface area contributed by atoms with Gasteiger partial charge in [0.1, 0.15) is 17.2 Å². The first-order valence-corrected chi connectivity index (χ1v) is 14.1.